The molecule has 14 nitrogen and oxygen atoms in total. The summed E-state index contributed by atoms with van der Waals surface area (Å²) in [5.41, 5.74) is 2.14. The highest BCUT2D eigenvalue weighted by Crippen LogP contribution is 2.38. The van der Waals surface area contributed by atoms with Crippen molar-refractivity contribution in [1.29, 1.82) is 0 Å². The van der Waals surface area contributed by atoms with Crippen molar-refractivity contribution in [2.24, 2.45) is 11.8 Å². The predicted octanol–water partition coefficient (Wildman–Crippen LogP) is 8.02. The lowest BCUT2D eigenvalue weighted by Gasteiger charge is -2.30. The SMILES string of the molecule is O=C(N[C@H](CN1CCCC1)[C@H](O)c1cc(F)c2c(c1)OCCO2)[C@@H]1CCN(c2ccc(Cl)c(Oc3ccccn3)c2)C1.O=C(O)[C@@H]1CCN(c2ccc(Cl)c(Oc3ccccn3)c2)C1. The summed E-state index contributed by atoms with van der Waals surface area (Å²) in [6, 6.07) is 24.0. The number of amides is 1. The number of likely N-dealkylation sites (tertiary alicyclic amines) is 1. The zero-order valence-electron chi connectivity index (χ0n) is 35.0. The number of halogens is 3. The summed E-state index contributed by atoms with van der Waals surface area (Å²) in [5.74, 6) is 0.135. The Morgan fingerprint density at radius 2 is 1.36 bits per heavy atom. The molecule has 4 aliphatic rings. The molecule has 0 aliphatic carbocycles. The molecule has 0 unspecified atom stereocenters. The van der Waals surface area contributed by atoms with Crippen molar-refractivity contribution in [3.63, 3.8) is 0 Å². The Morgan fingerprint density at radius 3 is 1.92 bits per heavy atom. The van der Waals surface area contributed by atoms with Crippen molar-refractivity contribution in [2.75, 3.05) is 68.8 Å². The second-order valence-electron chi connectivity index (χ2n) is 16.1. The van der Waals surface area contributed by atoms with E-state index in [1.54, 1.807) is 48.8 Å². The number of aromatic nitrogens is 2. The third-order valence-electron chi connectivity index (χ3n) is 11.7. The van der Waals surface area contributed by atoms with E-state index in [0.717, 1.165) is 37.3 Å². The molecule has 0 radical (unpaired) electrons. The van der Waals surface area contributed by atoms with Crippen LogP contribution in [0.5, 0.6) is 34.8 Å². The van der Waals surface area contributed by atoms with Gasteiger partial charge in [-0.3, -0.25) is 9.59 Å². The van der Waals surface area contributed by atoms with Gasteiger partial charge in [-0.05, 0) is 92.9 Å². The van der Waals surface area contributed by atoms with E-state index in [2.05, 4.69) is 25.1 Å². The largest absolute Gasteiger partial charge is 0.486 e. The Morgan fingerprint density at radius 1 is 0.781 bits per heavy atom. The van der Waals surface area contributed by atoms with Gasteiger partial charge in [0.25, 0.3) is 0 Å². The number of fused-ring (bicyclic) bond motifs is 1. The maximum atomic E-state index is 14.8. The standard InChI is InChI=1S/C31H34ClFN4O5.C16H15ClN2O3/c32-23-7-6-22(17-26(23)42-28-5-1-2-9-34-28)37-12-8-20(18-37)31(39)35-25(19-36-10-3-4-11-36)29(38)21-15-24(33)30-27(16-21)40-13-14-41-30;17-13-5-4-12(19-8-6-11(10-19)16(20)21)9-14(13)22-15-3-1-2-7-18-15/h1-2,5-7,9,15-17,20,25,29,38H,3-4,8,10-14,18-19H2,(H,35,39);1-5,7,9,11H,6,8,10H2,(H,20,21)/t20-,25-,29-;11-/m11/s1. The van der Waals surface area contributed by atoms with E-state index in [1.165, 1.54) is 6.07 Å². The van der Waals surface area contributed by atoms with E-state index >= 15 is 0 Å². The smallest absolute Gasteiger partial charge is 0.308 e. The number of benzene rings is 3. The first-order valence-electron chi connectivity index (χ1n) is 21.4. The average Bonchev–Trinajstić information content (AvgIpc) is 4.13. The number of carboxylic acids is 1. The summed E-state index contributed by atoms with van der Waals surface area (Å²) < 4.78 is 37.4. The fraction of sp³-hybridized carbons (Fsp3) is 0.362. The van der Waals surface area contributed by atoms with E-state index in [-0.39, 0.29) is 35.8 Å². The van der Waals surface area contributed by atoms with Crippen LogP contribution in [0.4, 0.5) is 15.8 Å². The molecule has 3 saturated heterocycles. The summed E-state index contributed by atoms with van der Waals surface area (Å²) in [7, 11) is 0. The molecule has 2 aromatic heterocycles. The molecule has 5 aromatic rings. The molecule has 0 saturated carbocycles. The molecule has 336 valence electrons. The number of ether oxygens (including phenoxy) is 4. The van der Waals surface area contributed by atoms with Gasteiger partial charge in [-0.1, -0.05) is 35.3 Å². The highest BCUT2D eigenvalue weighted by molar-refractivity contribution is 6.32. The molecule has 0 spiro atoms. The molecule has 4 aliphatic heterocycles. The third-order valence-corrected chi connectivity index (χ3v) is 12.3. The van der Waals surface area contributed by atoms with Gasteiger partial charge >= 0.3 is 5.97 Å². The van der Waals surface area contributed by atoms with Gasteiger partial charge in [0.15, 0.2) is 17.3 Å². The van der Waals surface area contributed by atoms with Gasteiger partial charge in [-0.2, -0.15) is 0 Å². The number of rotatable bonds is 13. The van der Waals surface area contributed by atoms with Crippen LogP contribution in [0.3, 0.4) is 0 Å². The van der Waals surface area contributed by atoms with Crippen LogP contribution in [0.15, 0.2) is 97.3 Å². The number of pyridine rings is 2. The van der Waals surface area contributed by atoms with Crippen LogP contribution < -0.4 is 34.1 Å². The molecule has 17 heteroatoms. The van der Waals surface area contributed by atoms with Crippen molar-refractivity contribution in [3.05, 3.63) is 119 Å². The predicted molar refractivity (Wildman–Crippen MR) is 240 cm³/mol. The van der Waals surface area contributed by atoms with E-state index in [0.29, 0.717) is 91.0 Å². The molecule has 6 heterocycles. The highest BCUT2D eigenvalue weighted by atomic mass is 35.5. The number of anilines is 2. The van der Waals surface area contributed by atoms with Crippen LogP contribution in [0.2, 0.25) is 10.0 Å². The van der Waals surface area contributed by atoms with Gasteiger partial charge in [0, 0.05) is 80.8 Å². The normalized spacial score (nSPS) is 19.1. The molecule has 1 amide bonds. The number of hydrogen-bond acceptors (Lipinski definition) is 12. The summed E-state index contributed by atoms with van der Waals surface area (Å²) in [5, 5.41) is 24.6. The molecular weight excluding hydrogens is 866 g/mol. The van der Waals surface area contributed by atoms with Gasteiger partial charge in [0.05, 0.1) is 27.9 Å². The van der Waals surface area contributed by atoms with E-state index in [1.807, 2.05) is 47.4 Å². The quantitative estimate of drug-likeness (QED) is 0.104. The maximum Gasteiger partial charge on any atom is 0.308 e. The van der Waals surface area contributed by atoms with Gasteiger partial charge in [-0.25, -0.2) is 14.4 Å². The number of aliphatic hydroxyl groups excluding tert-OH is 1. The second-order valence-corrected chi connectivity index (χ2v) is 16.9. The first-order valence-corrected chi connectivity index (χ1v) is 22.1. The molecule has 3 aromatic carbocycles. The van der Waals surface area contributed by atoms with Gasteiger partial charge in [0.1, 0.15) is 30.8 Å². The summed E-state index contributed by atoms with van der Waals surface area (Å²) in [6.07, 6.45) is 5.60. The number of aliphatic carboxylic acids is 1. The molecular formula is C47H49Cl2FN6O8. The number of aliphatic hydroxyl groups is 1. The molecule has 0 bridgehead atoms. The zero-order chi connectivity index (χ0) is 44.6. The average molecular weight is 916 g/mol. The summed E-state index contributed by atoms with van der Waals surface area (Å²) >= 11 is 12.6. The Bertz CT molecular complexity index is 2400. The van der Waals surface area contributed by atoms with Crippen molar-refractivity contribution in [2.45, 2.75) is 37.8 Å². The lowest BCUT2D eigenvalue weighted by molar-refractivity contribution is -0.141. The fourth-order valence-corrected chi connectivity index (χ4v) is 8.59. The second kappa shape index (κ2) is 20.8. The number of nitrogens with zero attached hydrogens (tertiary/aromatic N) is 5. The van der Waals surface area contributed by atoms with Gasteiger partial charge in [0.2, 0.25) is 17.7 Å². The number of hydrogen-bond donors (Lipinski definition) is 3. The monoisotopic (exact) mass is 914 g/mol. The van der Waals surface area contributed by atoms with Crippen molar-refractivity contribution < 1.29 is 43.1 Å². The third kappa shape index (κ3) is 11.1. The van der Waals surface area contributed by atoms with Crippen LogP contribution in [-0.4, -0.2) is 102 Å². The number of carbonyl (C=O) groups excluding carboxylic acids is 1. The minimum atomic E-state index is -1.13. The molecule has 64 heavy (non-hydrogen) atoms. The molecule has 3 N–H and O–H groups in total. The number of nitrogens with one attached hydrogen (secondary N) is 1. The van der Waals surface area contributed by atoms with E-state index < -0.39 is 23.9 Å². The van der Waals surface area contributed by atoms with Gasteiger partial charge < -0.3 is 49.2 Å². The summed E-state index contributed by atoms with van der Waals surface area (Å²) in [4.78, 5) is 39.3. The minimum absolute atomic E-state index is 0.0548. The lowest BCUT2D eigenvalue weighted by Crippen LogP contribution is -2.48. The Hall–Kier alpha value is -5.87. The molecule has 4 atom stereocenters. The topological polar surface area (TPSA) is 159 Å². The number of carbonyl (C=O) groups is 2. The molecule has 3 fully saturated rings. The van der Waals surface area contributed by atoms with Crippen molar-refractivity contribution >= 4 is 46.5 Å². The molecule has 9 rings (SSSR count). The van der Waals surface area contributed by atoms with Crippen LogP contribution in [0.1, 0.15) is 37.4 Å². The van der Waals surface area contributed by atoms with Crippen molar-refractivity contribution in [1.82, 2.24) is 20.2 Å². The number of carboxylic acid groups (broad SMARTS) is 1. The van der Waals surface area contributed by atoms with E-state index in [9.17, 15) is 19.1 Å². The van der Waals surface area contributed by atoms with Crippen LogP contribution in [-0.2, 0) is 9.59 Å². The summed E-state index contributed by atoms with van der Waals surface area (Å²) in [6.45, 7) is 5.22. The van der Waals surface area contributed by atoms with Crippen LogP contribution >= 0.6 is 23.2 Å². The zero-order valence-corrected chi connectivity index (χ0v) is 36.5. The van der Waals surface area contributed by atoms with Crippen LogP contribution in [0, 0.1) is 17.7 Å². The lowest BCUT2D eigenvalue weighted by atomic mass is 9.99. The fourth-order valence-electron chi connectivity index (χ4n) is 8.28. The van der Waals surface area contributed by atoms with Crippen LogP contribution in [0.25, 0.3) is 0 Å². The Kier molecular flexibility index (Phi) is 14.5. The minimum Gasteiger partial charge on any atom is -0.486 e. The Labute approximate surface area is 380 Å². The van der Waals surface area contributed by atoms with E-state index in [4.69, 9.17) is 47.3 Å². The van der Waals surface area contributed by atoms with Gasteiger partial charge in [-0.15, -0.1) is 0 Å². The first kappa shape index (κ1) is 44.7. The van der Waals surface area contributed by atoms with Crippen molar-refractivity contribution in [3.8, 4) is 34.8 Å². The first-order chi connectivity index (χ1) is 31.1. The Balaban J connectivity index is 0.000000214. The highest BCUT2D eigenvalue weighted by Gasteiger charge is 2.34. The maximum absolute atomic E-state index is 14.8.